The maximum Gasteiger partial charge on any atom is 0.161 e. The van der Waals surface area contributed by atoms with E-state index in [1.165, 1.54) is 15.7 Å². The quantitative estimate of drug-likeness (QED) is 0.799. The molecule has 1 aromatic carbocycles. The van der Waals surface area contributed by atoms with E-state index in [1.807, 2.05) is 11.8 Å². The number of anilines is 1. The average Bonchev–Trinajstić information content (AvgIpc) is 2.29. The van der Waals surface area contributed by atoms with Crippen molar-refractivity contribution in [2.24, 2.45) is 10.9 Å². The molecule has 1 aliphatic rings. The van der Waals surface area contributed by atoms with Gasteiger partial charge in [0.2, 0.25) is 0 Å². The molecule has 0 saturated heterocycles. The van der Waals surface area contributed by atoms with E-state index in [4.69, 9.17) is 4.99 Å². The van der Waals surface area contributed by atoms with Crippen LogP contribution in [0.4, 0.5) is 5.69 Å². The number of halogens is 1. The van der Waals surface area contributed by atoms with Crippen LogP contribution in [0.5, 0.6) is 0 Å². The minimum Gasteiger partial charge on any atom is -0.335 e. The van der Waals surface area contributed by atoms with Gasteiger partial charge in [-0.15, -0.1) is 0 Å². The van der Waals surface area contributed by atoms with Crippen LogP contribution >= 0.6 is 34.4 Å². The molecule has 17 heavy (non-hydrogen) atoms. The van der Waals surface area contributed by atoms with Gasteiger partial charge in [-0.2, -0.15) is 0 Å². The van der Waals surface area contributed by atoms with E-state index >= 15 is 0 Å². The van der Waals surface area contributed by atoms with E-state index in [2.05, 4.69) is 66.0 Å². The van der Waals surface area contributed by atoms with Crippen molar-refractivity contribution in [2.75, 3.05) is 11.1 Å². The van der Waals surface area contributed by atoms with Crippen molar-refractivity contribution in [1.82, 2.24) is 0 Å². The van der Waals surface area contributed by atoms with E-state index in [0.717, 1.165) is 10.9 Å². The molecule has 1 heterocycles. The Kier molecular flexibility index (Phi) is 4.73. The number of aliphatic imine (C=N–C) groups is 1. The highest BCUT2D eigenvalue weighted by Crippen LogP contribution is 2.24. The van der Waals surface area contributed by atoms with Gasteiger partial charge in [0.25, 0.3) is 0 Å². The molecular formula is C13H17IN2S. The van der Waals surface area contributed by atoms with Gasteiger partial charge in [0.05, 0.1) is 6.04 Å². The van der Waals surface area contributed by atoms with Crippen LogP contribution in [0.25, 0.3) is 0 Å². The maximum atomic E-state index is 4.77. The zero-order valence-electron chi connectivity index (χ0n) is 10.1. The Morgan fingerprint density at radius 1 is 1.47 bits per heavy atom. The summed E-state index contributed by atoms with van der Waals surface area (Å²) in [6.07, 6.45) is 1.19. The summed E-state index contributed by atoms with van der Waals surface area (Å²) >= 11 is 4.15. The molecule has 1 aromatic rings. The summed E-state index contributed by atoms with van der Waals surface area (Å²) in [5.41, 5.74) is 1.13. The third-order valence-corrected chi connectivity index (χ3v) is 4.37. The fourth-order valence-corrected chi connectivity index (χ4v) is 3.26. The predicted molar refractivity (Wildman–Crippen MR) is 85.9 cm³/mol. The van der Waals surface area contributed by atoms with Crippen molar-refractivity contribution in [3.8, 4) is 0 Å². The van der Waals surface area contributed by atoms with Crippen LogP contribution in [0.15, 0.2) is 29.3 Å². The summed E-state index contributed by atoms with van der Waals surface area (Å²) in [4.78, 5) is 4.77. The van der Waals surface area contributed by atoms with Crippen molar-refractivity contribution in [1.29, 1.82) is 0 Å². The summed E-state index contributed by atoms with van der Waals surface area (Å²) in [6, 6.07) is 8.87. The van der Waals surface area contributed by atoms with Crippen LogP contribution < -0.4 is 5.32 Å². The molecule has 2 rings (SSSR count). The van der Waals surface area contributed by atoms with E-state index in [1.54, 1.807) is 0 Å². The SMILES string of the molecule is CC(C)C1CCSC(Nc2cccc(I)c2)=N1. The second kappa shape index (κ2) is 6.09. The summed E-state index contributed by atoms with van der Waals surface area (Å²) in [6.45, 7) is 4.49. The average molecular weight is 360 g/mol. The lowest BCUT2D eigenvalue weighted by Gasteiger charge is -2.23. The van der Waals surface area contributed by atoms with Crippen LogP contribution in [0, 0.1) is 9.49 Å². The van der Waals surface area contributed by atoms with Crippen LogP contribution in [0.3, 0.4) is 0 Å². The van der Waals surface area contributed by atoms with E-state index in [0.29, 0.717) is 12.0 Å². The standard InChI is InChI=1S/C13H17IN2S/c1-9(2)12-6-7-17-13(16-12)15-11-5-3-4-10(14)8-11/h3-5,8-9,12H,6-7H2,1-2H3,(H,15,16). The molecule has 92 valence electrons. The normalized spacial score (nSPS) is 20.2. The highest BCUT2D eigenvalue weighted by atomic mass is 127. The van der Waals surface area contributed by atoms with Gasteiger partial charge in [0.1, 0.15) is 0 Å². The fourth-order valence-electron chi connectivity index (χ4n) is 1.77. The Bertz CT molecular complexity index is 418. The number of nitrogens with one attached hydrogen (secondary N) is 1. The lowest BCUT2D eigenvalue weighted by atomic mass is 10.0. The summed E-state index contributed by atoms with van der Waals surface area (Å²) in [5.74, 6) is 1.79. The van der Waals surface area contributed by atoms with Crippen LogP contribution in [0.2, 0.25) is 0 Å². The van der Waals surface area contributed by atoms with E-state index in [-0.39, 0.29) is 0 Å². The Hall–Kier alpha value is -0.230. The molecule has 0 radical (unpaired) electrons. The number of amidine groups is 1. The van der Waals surface area contributed by atoms with Crippen molar-refractivity contribution in [2.45, 2.75) is 26.3 Å². The highest BCUT2D eigenvalue weighted by Gasteiger charge is 2.18. The van der Waals surface area contributed by atoms with Crippen molar-refractivity contribution in [3.05, 3.63) is 27.8 Å². The Morgan fingerprint density at radius 3 is 3.00 bits per heavy atom. The predicted octanol–water partition coefficient (Wildman–Crippen LogP) is 4.22. The van der Waals surface area contributed by atoms with Crippen molar-refractivity contribution >= 4 is 45.2 Å². The molecule has 0 saturated carbocycles. The van der Waals surface area contributed by atoms with Gasteiger partial charge in [0, 0.05) is 15.0 Å². The number of hydrogen-bond donors (Lipinski definition) is 1. The molecule has 1 N–H and O–H groups in total. The molecule has 0 aromatic heterocycles. The zero-order valence-corrected chi connectivity index (χ0v) is 13.1. The molecule has 1 unspecified atom stereocenters. The first-order chi connectivity index (χ1) is 8.15. The summed E-state index contributed by atoms with van der Waals surface area (Å²) in [5, 5.41) is 4.48. The van der Waals surface area contributed by atoms with Gasteiger partial charge in [-0.1, -0.05) is 31.7 Å². The topological polar surface area (TPSA) is 24.4 Å². The smallest absolute Gasteiger partial charge is 0.161 e. The monoisotopic (exact) mass is 360 g/mol. The molecule has 0 spiro atoms. The van der Waals surface area contributed by atoms with Crippen molar-refractivity contribution < 1.29 is 0 Å². The second-order valence-electron chi connectivity index (χ2n) is 4.52. The van der Waals surface area contributed by atoms with Gasteiger partial charge in [-0.05, 0) is 53.1 Å². The Labute approximate surface area is 121 Å². The summed E-state index contributed by atoms with van der Waals surface area (Å²) in [7, 11) is 0. The fraction of sp³-hybridized carbons (Fsp3) is 0.462. The zero-order chi connectivity index (χ0) is 12.3. The lowest BCUT2D eigenvalue weighted by molar-refractivity contribution is 0.485. The maximum absolute atomic E-state index is 4.77. The number of rotatable bonds is 2. The Morgan fingerprint density at radius 2 is 2.29 bits per heavy atom. The number of benzene rings is 1. The first-order valence-electron chi connectivity index (χ1n) is 5.88. The van der Waals surface area contributed by atoms with E-state index in [9.17, 15) is 0 Å². The molecule has 0 amide bonds. The van der Waals surface area contributed by atoms with Gasteiger partial charge in [0.15, 0.2) is 5.17 Å². The Balaban J connectivity index is 2.08. The first kappa shape index (κ1) is 13.2. The van der Waals surface area contributed by atoms with E-state index < -0.39 is 0 Å². The third kappa shape index (κ3) is 3.88. The molecule has 0 aliphatic carbocycles. The number of hydrogen-bond acceptors (Lipinski definition) is 3. The van der Waals surface area contributed by atoms with Gasteiger partial charge >= 0.3 is 0 Å². The minimum atomic E-state index is 0.474. The summed E-state index contributed by atoms with van der Waals surface area (Å²) < 4.78 is 1.24. The van der Waals surface area contributed by atoms with Gasteiger partial charge in [-0.25, -0.2) is 0 Å². The first-order valence-corrected chi connectivity index (χ1v) is 7.95. The third-order valence-electron chi connectivity index (χ3n) is 2.78. The van der Waals surface area contributed by atoms with Gasteiger partial charge < -0.3 is 5.32 Å². The van der Waals surface area contributed by atoms with Crippen LogP contribution in [-0.4, -0.2) is 17.0 Å². The molecule has 0 bridgehead atoms. The number of thioether (sulfide) groups is 1. The number of nitrogens with zero attached hydrogens (tertiary/aromatic N) is 1. The highest BCUT2D eigenvalue weighted by molar-refractivity contribution is 14.1. The molecular weight excluding hydrogens is 343 g/mol. The molecule has 1 atom stereocenters. The van der Waals surface area contributed by atoms with Crippen molar-refractivity contribution in [3.63, 3.8) is 0 Å². The lowest BCUT2D eigenvalue weighted by Crippen LogP contribution is -2.23. The molecule has 0 fully saturated rings. The minimum absolute atomic E-state index is 0.474. The van der Waals surface area contributed by atoms with Crippen LogP contribution in [-0.2, 0) is 0 Å². The molecule has 1 aliphatic heterocycles. The molecule has 4 heteroatoms. The molecule has 2 nitrogen and oxygen atoms in total. The second-order valence-corrected chi connectivity index (χ2v) is 6.85. The van der Waals surface area contributed by atoms with Gasteiger partial charge in [-0.3, -0.25) is 4.99 Å². The largest absolute Gasteiger partial charge is 0.335 e. The van der Waals surface area contributed by atoms with Crippen LogP contribution in [0.1, 0.15) is 20.3 Å².